The summed E-state index contributed by atoms with van der Waals surface area (Å²) in [5.74, 6) is -0.338. The van der Waals surface area contributed by atoms with Crippen molar-refractivity contribution in [2.24, 2.45) is 5.41 Å². The lowest BCUT2D eigenvalue weighted by Gasteiger charge is -2.39. The summed E-state index contributed by atoms with van der Waals surface area (Å²) < 4.78 is 11.1. The molecule has 0 radical (unpaired) electrons. The van der Waals surface area contributed by atoms with Crippen LogP contribution in [0.3, 0.4) is 0 Å². The van der Waals surface area contributed by atoms with Gasteiger partial charge < -0.3 is 24.6 Å². The van der Waals surface area contributed by atoms with Gasteiger partial charge in [-0.3, -0.25) is 4.79 Å². The lowest BCUT2D eigenvalue weighted by molar-refractivity contribution is -0.134. The van der Waals surface area contributed by atoms with Crippen LogP contribution in [0.15, 0.2) is 0 Å². The molecule has 1 saturated carbocycles. The van der Waals surface area contributed by atoms with E-state index in [4.69, 9.17) is 9.47 Å². The second-order valence-electron chi connectivity index (χ2n) is 9.53. The fourth-order valence-electron chi connectivity index (χ4n) is 4.77. The molecule has 1 aliphatic carbocycles. The molecule has 2 aliphatic heterocycles. The van der Waals surface area contributed by atoms with Crippen LogP contribution in [0.4, 0.5) is 4.79 Å². The number of nitriles is 1. The van der Waals surface area contributed by atoms with Gasteiger partial charge in [0.2, 0.25) is 0 Å². The Balaban J connectivity index is 1.71. The lowest BCUT2D eigenvalue weighted by atomic mass is 9.72. The van der Waals surface area contributed by atoms with E-state index >= 15 is 0 Å². The van der Waals surface area contributed by atoms with Crippen molar-refractivity contribution in [3.63, 3.8) is 0 Å². The molecular formula is C22H36N4O4. The zero-order valence-electron chi connectivity index (χ0n) is 18.5. The fourth-order valence-corrected chi connectivity index (χ4v) is 4.77. The zero-order valence-corrected chi connectivity index (χ0v) is 18.5. The van der Waals surface area contributed by atoms with E-state index in [0.717, 1.165) is 38.8 Å². The van der Waals surface area contributed by atoms with Gasteiger partial charge in [0.25, 0.3) is 5.91 Å². The number of carbonyl (C=O) groups excluding carboxylic acids is 2. The smallest absolute Gasteiger partial charge is 0.410 e. The lowest BCUT2D eigenvalue weighted by Crippen LogP contribution is -2.57. The van der Waals surface area contributed by atoms with E-state index in [2.05, 4.69) is 23.2 Å². The molecule has 3 rings (SSSR count). The summed E-state index contributed by atoms with van der Waals surface area (Å²) in [5.41, 5.74) is -0.918. The predicted molar refractivity (Wildman–Crippen MR) is 112 cm³/mol. The maximum atomic E-state index is 13.3. The average molecular weight is 421 g/mol. The molecule has 3 fully saturated rings. The van der Waals surface area contributed by atoms with Gasteiger partial charge in [-0.2, -0.15) is 5.26 Å². The van der Waals surface area contributed by atoms with Crippen molar-refractivity contribution in [3.8, 4) is 6.07 Å². The van der Waals surface area contributed by atoms with Crippen LogP contribution in [0.5, 0.6) is 0 Å². The van der Waals surface area contributed by atoms with Gasteiger partial charge in [-0.1, -0.05) is 26.2 Å². The fraction of sp³-hybridized carbons (Fsp3) is 0.864. The Morgan fingerprint density at radius 1 is 1.10 bits per heavy atom. The van der Waals surface area contributed by atoms with Gasteiger partial charge in [0, 0.05) is 26.2 Å². The standard InChI is InChI=1S/C22H36N4O4/c1-21(6-4-3-5-7-21)16-18(30-20(28)26-12-14-29-15-13-26)19(27)24-22(17-23)8-10-25(2)11-9-22/h18H,3-16H2,1-2H3,(H,24,27)/t18-/m0/s1. The van der Waals surface area contributed by atoms with Gasteiger partial charge in [-0.25, -0.2) is 4.79 Å². The van der Waals surface area contributed by atoms with E-state index < -0.39 is 17.7 Å². The Hall–Kier alpha value is -1.85. The molecule has 1 N–H and O–H groups in total. The molecule has 0 aromatic carbocycles. The normalized spacial score (nSPS) is 25.0. The number of morpholine rings is 1. The highest BCUT2D eigenvalue weighted by atomic mass is 16.6. The molecule has 0 bridgehead atoms. The van der Waals surface area contributed by atoms with Gasteiger partial charge >= 0.3 is 6.09 Å². The Morgan fingerprint density at radius 2 is 1.73 bits per heavy atom. The first-order chi connectivity index (χ1) is 14.3. The molecule has 1 atom stereocenters. The summed E-state index contributed by atoms with van der Waals surface area (Å²) >= 11 is 0. The van der Waals surface area contributed by atoms with Gasteiger partial charge in [0.05, 0.1) is 19.3 Å². The molecule has 2 heterocycles. The molecule has 30 heavy (non-hydrogen) atoms. The van der Waals surface area contributed by atoms with Crippen LogP contribution in [0.2, 0.25) is 0 Å². The number of nitrogens with zero attached hydrogens (tertiary/aromatic N) is 3. The SMILES string of the molecule is CN1CCC(C#N)(NC(=O)[C@H](CC2(C)CCCCC2)OC(=O)N2CCOCC2)CC1. The second-order valence-corrected chi connectivity index (χ2v) is 9.53. The van der Waals surface area contributed by atoms with E-state index in [9.17, 15) is 14.9 Å². The topological polar surface area (TPSA) is 94.9 Å². The van der Waals surface area contributed by atoms with Crippen LogP contribution in [0, 0.1) is 16.7 Å². The quantitative estimate of drug-likeness (QED) is 0.733. The third-order valence-electron chi connectivity index (χ3n) is 6.96. The highest BCUT2D eigenvalue weighted by Crippen LogP contribution is 2.40. The molecule has 168 valence electrons. The first kappa shape index (κ1) is 22.8. The molecule has 8 heteroatoms. The molecule has 2 saturated heterocycles. The molecule has 0 aromatic heterocycles. The summed E-state index contributed by atoms with van der Waals surface area (Å²) in [6, 6.07) is 2.33. The maximum Gasteiger partial charge on any atom is 0.410 e. The van der Waals surface area contributed by atoms with Gasteiger partial charge in [0.1, 0.15) is 5.54 Å². The van der Waals surface area contributed by atoms with Gasteiger partial charge in [-0.15, -0.1) is 0 Å². The number of amides is 2. The molecule has 0 aromatic rings. The van der Waals surface area contributed by atoms with Crippen LogP contribution < -0.4 is 5.32 Å². The minimum Gasteiger partial charge on any atom is -0.436 e. The summed E-state index contributed by atoms with van der Waals surface area (Å²) in [5, 5.41) is 12.8. The van der Waals surface area contributed by atoms with E-state index in [1.165, 1.54) is 6.42 Å². The van der Waals surface area contributed by atoms with E-state index in [1.807, 2.05) is 7.05 Å². The molecule has 8 nitrogen and oxygen atoms in total. The van der Waals surface area contributed by atoms with Crippen molar-refractivity contribution in [2.45, 2.75) is 69.9 Å². The van der Waals surface area contributed by atoms with Gasteiger partial charge in [0.15, 0.2) is 6.10 Å². The molecule has 0 unspecified atom stereocenters. The molecular weight excluding hydrogens is 384 g/mol. The number of nitrogens with one attached hydrogen (secondary N) is 1. The van der Waals surface area contributed by atoms with Crippen molar-refractivity contribution in [1.82, 2.24) is 15.1 Å². The molecule has 0 spiro atoms. The van der Waals surface area contributed by atoms with Crippen molar-refractivity contribution in [2.75, 3.05) is 46.4 Å². The van der Waals surface area contributed by atoms with Crippen LogP contribution in [-0.2, 0) is 14.3 Å². The van der Waals surface area contributed by atoms with Crippen molar-refractivity contribution in [3.05, 3.63) is 0 Å². The largest absolute Gasteiger partial charge is 0.436 e. The summed E-state index contributed by atoms with van der Waals surface area (Å²) in [7, 11) is 2.01. The Morgan fingerprint density at radius 3 is 2.33 bits per heavy atom. The first-order valence-corrected chi connectivity index (χ1v) is 11.3. The van der Waals surface area contributed by atoms with Crippen LogP contribution in [0.1, 0.15) is 58.3 Å². The molecule has 3 aliphatic rings. The van der Waals surface area contributed by atoms with Crippen LogP contribution in [-0.4, -0.2) is 79.9 Å². The number of hydrogen-bond donors (Lipinski definition) is 1. The van der Waals surface area contributed by atoms with Crippen molar-refractivity contribution in [1.29, 1.82) is 5.26 Å². The van der Waals surface area contributed by atoms with Gasteiger partial charge in [-0.05, 0) is 44.6 Å². The van der Waals surface area contributed by atoms with Crippen molar-refractivity contribution < 1.29 is 19.1 Å². The highest BCUT2D eigenvalue weighted by Gasteiger charge is 2.41. The van der Waals surface area contributed by atoms with Crippen molar-refractivity contribution >= 4 is 12.0 Å². The van der Waals surface area contributed by atoms with Crippen LogP contribution >= 0.6 is 0 Å². The zero-order chi connectivity index (χ0) is 21.6. The Bertz CT molecular complexity index is 642. The Labute approximate surface area is 179 Å². The highest BCUT2D eigenvalue weighted by molar-refractivity contribution is 5.84. The Kier molecular flexibility index (Phi) is 7.59. The van der Waals surface area contributed by atoms with E-state index in [0.29, 0.717) is 45.6 Å². The monoisotopic (exact) mass is 420 g/mol. The average Bonchev–Trinajstić information content (AvgIpc) is 2.76. The number of carbonyl (C=O) groups is 2. The third kappa shape index (κ3) is 5.86. The second kappa shape index (κ2) is 9.97. The third-order valence-corrected chi connectivity index (χ3v) is 6.96. The summed E-state index contributed by atoms with van der Waals surface area (Å²) in [6.07, 6.45) is 5.84. The van der Waals surface area contributed by atoms with Crippen LogP contribution in [0.25, 0.3) is 0 Å². The number of rotatable bonds is 5. The molecule has 2 amide bonds. The van der Waals surface area contributed by atoms with E-state index in [1.54, 1.807) is 4.90 Å². The number of likely N-dealkylation sites (tertiary alicyclic amines) is 1. The number of piperidine rings is 1. The minimum atomic E-state index is -0.888. The first-order valence-electron chi connectivity index (χ1n) is 11.3. The predicted octanol–water partition coefficient (Wildman–Crippen LogP) is 2.29. The summed E-state index contributed by atoms with van der Waals surface area (Å²) in [6.45, 7) is 5.60. The van der Waals surface area contributed by atoms with E-state index in [-0.39, 0.29) is 11.3 Å². The number of hydrogen-bond acceptors (Lipinski definition) is 6. The number of ether oxygens (including phenoxy) is 2. The summed E-state index contributed by atoms with van der Waals surface area (Å²) in [4.78, 5) is 29.8. The maximum absolute atomic E-state index is 13.3. The minimum absolute atomic E-state index is 0.0296.